The number of amides is 1. The van der Waals surface area contributed by atoms with E-state index >= 15 is 0 Å². The third kappa shape index (κ3) is 6.80. The molecule has 164 valence electrons. The van der Waals surface area contributed by atoms with Gasteiger partial charge in [0.05, 0.1) is 11.9 Å². The average molecular weight is 489 g/mol. The van der Waals surface area contributed by atoms with Crippen LogP contribution in [0.1, 0.15) is 23.6 Å². The third-order valence-electron chi connectivity index (χ3n) is 4.40. The maximum atomic E-state index is 12.6. The van der Waals surface area contributed by atoms with E-state index in [-0.39, 0.29) is 5.91 Å². The third-order valence-corrected chi connectivity index (χ3v) is 7.34. The second kappa shape index (κ2) is 10.8. The molecule has 0 aliphatic rings. The summed E-state index contributed by atoms with van der Waals surface area (Å²) in [6, 6.07) is 9.99. The molecule has 2 rings (SSSR count). The number of sulfonamides is 1. The Hall–Kier alpha value is -1.41. The number of benzene rings is 2. The topological polar surface area (TPSA) is 66.5 Å². The van der Waals surface area contributed by atoms with Crippen LogP contribution >= 0.6 is 35.0 Å². The van der Waals surface area contributed by atoms with Gasteiger partial charge in [-0.25, -0.2) is 8.42 Å². The van der Waals surface area contributed by atoms with Crippen molar-refractivity contribution in [2.75, 3.05) is 22.9 Å². The van der Waals surface area contributed by atoms with Gasteiger partial charge in [-0.3, -0.25) is 9.10 Å². The van der Waals surface area contributed by atoms with Gasteiger partial charge < -0.3 is 5.32 Å². The van der Waals surface area contributed by atoms with Gasteiger partial charge >= 0.3 is 0 Å². The summed E-state index contributed by atoms with van der Waals surface area (Å²) in [7, 11) is -3.64. The van der Waals surface area contributed by atoms with Crippen LogP contribution in [0.5, 0.6) is 0 Å². The lowest BCUT2D eigenvalue weighted by atomic mass is 10.1. The number of nitrogens with one attached hydrogen (secondary N) is 1. The fraction of sp³-hybridized carbons (Fsp3) is 0.381. The highest BCUT2D eigenvalue weighted by Crippen LogP contribution is 2.28. The lowest BCUT2D eigenvalue weighted by Gasteiger charge is -2.28. The minimum Gasteiger partial charge on any atom is -0.353 e. The van der Waals surface area contributed by atoms with E-state index in [4.69, 9.17) is 23.2 Å². The van der Waals surface area contributed by atoms with Crippen molar-refractivity contribution in [3.05, 3.63) is 63.1 Å². The van der Waals surface area contributed by atoms with E-state index in [1.165, 1.54) is 4.31 Å². The molecule has 1 atom stereocenters. The molecule has 0 radical (unpaired) electrons. The van der Waals surface area contributed by atoms with Crippen molar-refractivity contribution in [1.82, 2.24) is 5.32 Å². The Bertz CT molecular complexity index is 973. The number of anilines is 1. The van der Waals surface area contributed by atoms with Crippen LogP contribution in [0.2, 0.25) is 10.0 Å². The molecule has 9 heteroatoms. The number of halogens is 2. The number of carbonyl (C=O) groups is 1. The molecule has 1 N–H and O–H groups in total. The second-order valence-corrected chi connectivity index (χ2v) is 10.9. The predicted molar refractivity (Wildman–Crippen MR) is 128 cm³/mol. The van der Waals surface area contributed by atoms with Gasteiger partial charge in [0.2, 0.25) is 15.9 Å². The van der Waals surface area contributed by atoms with Gasteiger partial charge in [-0.1, -0.05) is 35.3 Å². The molecule has 0 unspecified atom stereocenters. The first-order chi connectivity index (χ1) is 14.0. The van der Waals surface area contributed by atoms with Crippen molar-refractivity contribution in [3.63, 3.8) is 0 Å². The SMILES string of the molecule is Cc1cc(C)cc(N([C@H](C)C(=O)NCCSCc2c(Cl)cccc2Cl)S(C)(=O)=O)c1. The molecule has 2 aromatic carbocycles. The van der Waals surface area contributed by atoms with Gasteiger partial charge in [0.15, 0.2) is 0 Å². The lowest BCUT2D eigenvalue weighted by molar-refractivity contribution is -0.121. The predicted octanol–water partition coefficient (Wildman–Crippen LogP) is 4.81. The van der Waals surface area contributed by atoms with E-state index in [0.717, 1.165) is 22.9 Å². The summed E-state index contributed by atoms with van der Waals surface area (Å²) in [5.41, 5.74) is 3.21. The molecule has 0 aliphatic heterocycles. The summed E-state index contributed by atoms with van der Waals surface area (Å²) in [4.78, 5) is 12.6. The Morgan fingerprint density at radius 2 is 1.70 bits per heavy atom. The molecule has 0 saturated carbocycles. The molecule has 0 spiro atoms. The molecule has 2 aromatic rings. The smallest absolute Gasteiger partial charge is 0.243 e. The van der Waals surface area contributed by atoms with Crippen molar-refractivity contribution in [2.24, 2.45) is 0 Å². The monoisotopic (exact) mass is 488 g/mol. The van der Waals surface area contributed by atoms with Crippen LogP contribution < -0.4 is 9.62 Å². The zero-order valence-corrected chi connectivity index (χ0v) is 20.6. The molecule has 0 heterocycles. The summed E-state index contributed by atoms with van der Waals surface area (Å²) in [6.45, 7) is 5.78. The maximum absolute atomic E-state index is 12.6. The number of thioether (sulfide) groups is 1. The first-order valence-electron chi connectivity index (χ1n) is 9.36. The van der Waals surface area contributed by atoms with E-state index in [1.807, 2.05) is 19.9 Å². The highest BCUT2D eigenvalue weighted by molar-refractivity contribution is 7.98. The van der Waals surface area contributed by atoms with Crippen molar-refractivity contribution in [3.8, 4) is 0 Å². The lowest BCUT2D eigenvalue weighted by Crippen LogP contribution is -2.48. The van der Waals surface area contributed by atoms with Gasteiger partial charge in [-0.15, -0.1) is 0 Å². The van der Waals surface area contributed by atoms with Gasteiger partial charge in [0, 0.05) is 28.1 Å². The quantitative estimate of drug-likeness (QED) is 0.514. The van der Waals surface area contributed by atoms with Crippen molar-refractivity contribution >= 4 is 56.6 Å². The zero-order valence-electron chi connectivity index (χ0n) is 17.4. The normalized spacial score (nSPS) is 12.5. The highest BCUT2D eigenvalue weighted by atomic mass is 35.5. The molecule has 0 aromatic heterocycles. The average Bonchev–Trinajstić information content (AvgIpc) is 2.61. The first-order valence-corrected chi connectivity index (χ1v) is 13.1. The Morgan fingerprint density at radius 1 is 1.13 bits per heavy atom. The second-order valence-electron chi connectivity index (χ2n) is 7.12. The Morgan fingerprint density at radius 3 is 2.23 bits per heavy atom. The molecule has 5 nitrogen and oxygen atoms in total. The highest BCUT2D eigenvalue weighted by Gasteiger charge is 2.29. The van der Waals surface area contributed by atoms with Crippen molar-refractivity contribution < 1.29 is 13.2 Å². The van der Waals surface area contributed by atoms with Crippen LogP contribution in [-0.2, 0) is 20.6 Å². The van der Waals surface area contributed by atoms with Crippen LogP contribution in [0.4, 0.5) is 5.69 Å². The van der Waals surface area contributed by atoms with Crippen LogP contribution in [0.3, 0.4) is 0 Å². The first kappa shape index (κ1) is 24.9. The number of nitrogens with zero attached hydrogens (tertiary/aromatic N) is 1. The summed E-state index contributed by atoms with van der Waals surface area (Å²) in [5.74, 6) is 0.917. The van der Waals surface area contributed by atoms with E-state index in [1.54, 1.807) is 49.0 Å². The van der Waals surface area contributed by atoms with Gasteiger partial charge in [-0.2, -0.15) is 11.8 Å². The summed E-state index contributed by atoms with van der Waals surface area (Å²) in [5, 5.41) is 4.05. The molecule has 0 fully saturated rings. The van der Waals surface area contributed by atoms with Crippen molar-refractivity contribution in [1.29, 1.82) is 0 Å². The number of hydrogen-bond acceptors (Lipinski definition) is 4. The van der Waals surface area contributed by atoms with E-state index in [2.05, 4.69) is 5.32 Å². The van der Waals surface area contributed by atoms with Crippen LogP contribution in [0, 0.1) is 13.8 Å². The van der Waals surface area contributed by atoms with Crippen LogP contribution in [0.25, 0.3) is 0 Å². The van der Waals surface area contributed by atoms with E-state index in [9.17, 15) is 13.2 Å². The largest absolute Gasteiger partial charge is 0.353 e. The summed E-state index contributed by atoms with van der Waals surface area (Å²) in [6.07, 6.45) is 1.11. The van der Waals surface area contributed by atoms with E-state index < -0.39 is 16.1 Å². The maximum Gasteiger partial charge on any atom is 0.243 e. The molecule has 1 amide bonds. The van der Waals surface area contributed by atoms with E-state index in [0.29, 0.717) is 33.8 Å². The molecule has 0 saturated heterocycles. The number of carbonyl (C=O) groups excluding carboxylic acids is 1. The Balaban J connectivity index is 1.97. The van der Waals surface area contributed by atoms with Gasteiger partial charge in [0.25, 0.3) is 0 Å². The fourth-order valence-corrected chi connectivity index (χ4v) is 5.88. The Labute approximate surface area is 193 Å². The molecule has 30 heavy (non-hydrogen) atoms. The van der Waals surface area contributed by atoms with Gasteiger partial charge in [-0.05, 0) is 61.7 Å². The number of rotatable bonds is 9. The molecule has 0 aliphatic carbocycles. The standard InChI is InChI=1S/C21H26Cl2N2O3S2/c1-14-10-15(2)12-17(11-14)25(30(4,27)28)16(3)21(26)24-8-9-29-13-18-19(22)6-5-7-20(18)23/h5-7,10-12,16H,8-9,13H2,1-4H3,(H,24,26)/t16-/m1/s1. The fourth-order valence-electron chi connectivity index (χ4n) is 3.13. The minimum atomic E-state index is -3.64. The number of hydrogen-bond donors (Lipinski definition) is 1. The Kier molecular flexibility index (Phi) is 8.91. The van der Waals surface area contributed by atoms with Crippen molar-refractivity contribution in [2.45, 2.75) is 32.6 Å². The molecule has 0 bridgehead atoms. The minimum absolute atomic E-state index is 0.351. The van der Waals surface area contributed by atoms with Gasteiger partial charge in [0.1, 0.15) is 6.04 Å². The molecular weight excluding hydrogens is 463 g/mol. The zero-order chi connectivity index (χ0) is 22.5. The summed E-state index contributed by atoms with van der Waals surface area (Å²) >= 11 is 13.9. The molecular formula is C21H26Cl2N2O3S2. The van der Waals surface area contributed by atoms with Crippen LogP contribution in [-0.4, -0.2) is 38.9 Å². The number of aryl methyl sites for hydroxylation is 2. The van der Waals surface area contributed by atoms with Crippen LogP contribution in [0.15, 0.2) is 36.4 Å². The summed E-state index contributed by atoms with van der Waals surface area (Å²) < 4.78 is 26.0.